The SMILES string of the molecule is CC(=O)c1ccc(OCc2ncccc2C)cc1F. The van der Waals surface area contributed by atoms with E-state index >= 15 is 0 Å². The number of nitrogens with zero attached hydrogens (tertiary/aromatic N) is 1. The first kappa shape index (κ1) is 13.2. The highest BCUT2D eigenvalue weighted by Crippen LogP contribution is 2.18. The molecule has 0 atom stereocenters. The number of halogens is 1. The summed E-state index contributed by atoms with van der Waals surface area (Å²) >= 11 is 0. The van der Waals surface area contributed by atoms with E-state index < -0.39 is 5.82 Å². The second-order valence-corrected chi connectivity index (χ2v) is 4.25. The van der Waals surface area contributed by atoms with Crippen molar-refractivity contribution in [3.63, 3.8) is 0 Å². The van der Waals surface area contributed by atoms with Crippen molar-refractivity contribution < 1.29 is 13.9 Å². The lowest BCUT2D eigenvalue weighted by atomic mass is 10.1. The van der Waals surface area contributed by atoms with Crippen LogP contribution in [0.2, 0.25) is 0 Å². The zero-order valence-corrected chi connectivity index (χ0v) is 10.8. The number of carbonyl (C=O) groups excluding carboxylic acids is 1. The van der Waals surface area contributed by atoms with Crippen LogP contribution in [-0.4, -0.2) is 10.8 Å². The van der Waals surface area contributed by atoms with E-state index in [4.69, 9.17) is 4.74 Å². The molecule has 0 spiro atoms. The maximum atomic E-state index is 13.6. The van der Waals surface area contributed by atoms with Gasteiger partial charge in [-0.3, -0.25) is 9.78 Å². The molecule has 0 aliphatic heterocycles. The number of aryl methyl sites for hydroxylation is 1. The Balaban J connectivity index is 2.11. The van der Waals surface area contributed by atoms with Crippen LogP contribution in [0, 0.1) is 12.7 Å². The molecule has 2 aromatic rings. The average Bonchev–Trinajstić information content (AvgIpc) is 2.37. The Morgan fingerprint density at radius 1 is 1.37 bits per heavy atom. The highest BCUT2D eigenvalue weighted by molar-refractivity contribution is 5.94. The maximum absolute atomic E-state index is 13.6. The number of hydrogen-bond acceptors (Lipinski definition) is 3. The van der Waals surface area contributed by atoms with Crippen molar-refractivity contribution in [2.45, 2.75) is 20.5 Å². The Morgan fingerprint density at radius 2 is 2.16 bits per heavy atom. The van der Waals surface area contributed by atoms with Crippen molar-refractivity contribution >= 4 is 5.78 Å². The standard InChI is InChI=1S/C15H14FNO2/c1-10-4-3-7-17-15(10)9-19-12-5-6-13(11(2)18)14(16)8-12/h3-8H,9H2,1-2H3. The monoisotopic (exact) mass is 259 g/mol. The number of ether oxygens (including phenoxy) is 1. The number of ketones is 1. The van der Waals surface area contributed by atoms with Crippen LogP contribution in [0.3, 0.4) is 0 Å². The van der Waals surface area contributed by atoms with Crippen LogP contribution >= 0.6 is 0 Å². The number of pyridine rings is 1. The number of hydrogen-bond donors (Lipinski definition) is 0. The highest BCUT2D eigenvalue weighted by Gasteiger charge is 2.08. The van der Waals surface area contributed by atoms with Gasteiger partial charge in [0, 0.05) is 12.3 Å². The summed E-state index contributed by atoms with van der Waals surface area (Å²) in [4.78, 5) is 15.3. The van der Waals surface area contributed by atoms with Crippen molar-refractivity contribution in [3.8, 4) is 5.75 Å². The van der Waals surface area contributed by atoms with Gasteiger partial charge in [-0.1, -0.05) is 6.07 Å². The Morgan fingerprint density at radius 3 is 2.79 bits per heavy atom. The molecule has 0 amide bonds. The van der Waals surface area contributed by atoms with Gasteiger partial charge < -0.3 is 4.74 Å². The number of rotatable bonds is 4. The third-order valence-corrected chi connectivity index (χ3v) is 2.81. The minimum atomic E-state index is -0.567. The van der Waals surface area contributed by atoms with Crippen LogP contribution in [-0.2, 0) is 6.61 Å². The zero-order chi connectivity index (χ0) is 13.8. The van der Waals surface area contributed by atoms with Crippen molar-refractivity contribution in [1.82, 2.24) is 4.98 Å². The van der Waals surface area contributed by atoms with Gasteiger partial charge in [0.25, 0.3) is 0 Å². The summed E-state index contributed by atoms with van der Waals surface area (Å²) < 4.78 is 19.1. The van der Waals surface area contributed by atoms with Crippen LogP contribution in [0.5, 0.6) is 5.75 Å². The molecule has 1 heterocycles. The molecule has 0 aliphatic rings. The van der Waals surface area contributed by atoms with Gasteiger partial charge >= 0.3 is 0 Å². The molecule has 0 radical (unpaired) electrons. The third kappa shape index (κ3) is 3.16. The third-order valence-electron chi connectivity index (χ3n) is 2.81. The summed E-state index contributed by atoms with van der Waals surface area (Å²) in [6.45, 7) is 3.53. The molecule has 98 valence electrons. The predicted molar refractivity (Wildman–Crippen MR) is 69.7 cm³/mol. The number of aromatic nitrogens is 1. The molecule has 4 heteroatoms. The van der Waals surface area contributed by atoms with Crippen molar-refractivity contribution in [2.24, 2.45) is 0 Å². The smallest absolute Gasteiger partial charge is 0.162 e. The van der Waals surface area contributed by atoms with Gasteiger partial charge in [-0.25, -0.2) is 4.39 Å². The lowest BCUT2D eigenvalue weighted by Gasteiger charge is -2.08. The first-order valence-electron chi connectivity index (χ1n) is 5.91. The molecule has 0 unspecified atom stereocenters. The molecule has 19 heavy (non-hydrogen) atoms. The number of carbonyl (C=O) groups is 1. The summed E-state index contributed by atoms with van der Waals surface area (Å²) in [7, 11) is 0. The molecule has 0 N–H and O–H groups in total. The number of Topliss-reactive ketones (excluding diaryl/α,β-unsaturated/α-hetero) is 1. The lowest BCUT2D eigenvalue weighted by Crippen LogP contribution is -2.02. The molecule has 0 aliphatic carbocycles. The normalized spacial score (nSPS) is 10.3. The molecular formula is C15H14FNO2. The summed E-state index contributed by atoms with van der Waals surface area (Å²) in [5.74, 6) is -0.486. The van der Waals surface area contributed by atoms with Gasteiger partial charge in [0.1, 0.15) is 18.2 Å². The maximum Gasteiger partial charge on any atom is 0.162 e. The molecule has 0 saturated heterocycles. The number of benzene rings is 1. The topological polar surface area (TPSA) is 39.2 Å². The van der Waals surface area contributed by atoms with E-state index in [-0.39, 0.29) is 18.0 Å². The fourth-order valence-corrected chi connectivity index (χ4v) is 1.69. The minimum absolute atomic E-state index is 0.0707. The van der Waals surface area contributed by atoms with Crippen LogP contribution in [0.1, 0.15) is 28.5 Å². The van der Waals surface area contributed by atoms with Gasteiger partial charge in [-0.05, 0) is 37.6 Å². The van der Waals surface area contributed by atoms with Crippen LogP contribution in [0.25, 0.3) is 0 Å². The van der Waals surface area contributed by atoms with Crippen molar-refractivity contribution in [1.29, 1.82) is 0 Å². The second-order valence-electron chi connectivity index (χ2n) is 4.25. The van der Waals surface area contributed by atoms with Gasteiger partial charge in [0.05, 0.1) is 11.3 Å². The summed E-state index contributed by atoms with van der Waals surface area (Å²) in [5, 5.41) is 0. The molecule has 3 nitrogen and oxygen atoms in total. The van der Waals surface area contributed by atoms with Crippen LogP contribution in [0.4, 0.5) is 4.39 Å². The van der Waals surface area contributed by atoms with Gasteiger partial charge in [0.15, 0.2) is 5.78 Å². The highest BCUT2D eigenvalue weighted by atomic mass is 19.1. The van der Waals surface area contributed by atoms with Gasteiger partial charge in [-0.15, -0.1) is 0 Å². The minimum Gasteiger partial charge on any atom is -0.487 e. The van der Waals surface area contributed by atoms with Crippen molar-refractivity contribution in [3.05, 3.63) is 59.2 Å². The average molecular weight is 259 g/mol. The lowest BCUT2D eigenvalue weighted by molar-refractivity contribution is 0.101. The molecule has 1 aromatic heterocycles. The summed E-state index contributed by atoms with van der Waals surface area (Å²) in [6, 6.07) is 8.01. The molecule has 0 fully saturated rings. The van der Waals surface area contributed by atoms with E-state index in [0.717, 1.165) is 11.3 Å². The first-order valence-corrected chi connectivity index (χ1v) is 5.91. The zero-order valence-electron chi connectivity index (χ0n) is 10.8. The first-order chi connectivity index (χ1) is 9.08. The quantitative estimate of drug-likeness (QED) is 0.791. The van der Waals surface area contributed by atoms with E-state index in [1.165, 1.54) is 19.1 Å². The molecule has 2 rings (SSSR count). The van der Waals surface area contributed by atoms with Gasteiger partial charge in [0.2, 0.25) is 0 Å². The second kappa shape index (κ2) is 5.61. The Hall–Kier alpha value is -2.23. The molecular weight excluding hydrogens is 245 g/mol. The van der Waals surface area contributed by atoms with E-state index in [2.05, 4.69) is 4.98 Å². The molecule has 1 aromatic carbocycles. The van der Waals surface area contributed by atoms with Gasteiger partial charge in [-0.2, -0.15) is 0 Å². The molecule has 0 bridgehead atoms. The van der Waals surface area contributed by atoms with Crippen LogP contribution in [0.15, 0.2) is 36.5 Å². The Labute approximate surface area is 111 Å². The van der Waals surface area contributed by atoms with E-state index in [1.54, 1.807) is 12.3 Å². The Kier molecular flexibility index (Phi) is 3.90. The molecule has 0 saturated carbocycles. The van der Waals surface area contributed by atoms with E-state index in [1.807, 2.05) is 19.1 Å². The fraction of sp³-hybridized carbons (Fsp3) is 0.200. The largest absolute Gasteiger partial charge is 0.487 e. The van der Waals surface area contributed by atoms with E-state index in [0.29, 0.717) is 5.75 Å². The summed E-state index contributed by atoms with van der Waals surface area (Å²) in [6.07, 6.45) is 1.69. The van der Waals surface area contributed by atoms with E-state index in [9.17, 15) is 9.18 Å². The Bertz CT molecular complexity index is 611. The fourth-order valence-electron chi connectivity index (χ4n) is 1.69. The van der Waals surface area contributed by atoms with Crippen LogP contribution < -0.4 is 4.74 Å². The predicted octanol–water partition coefficient (Wildman–Crippen LogP) is 3.31. The van der Waals surface area contributed by atoms with Crippen molar-refractivity contribution in [2.75, 3.05) is 0 Å². The summed E-state index contributed by atoms with van der Waals surface area (Å²) in [5.41, 5.74) is 1.89.